The van der Waals surface area contributed by atoms with Crippen LogP contribution in [0.2, 0.25) is 0 Å². The Balaban J connectivity index is 0.000000323. The highest BCUT2D eigenvalue weighted by molar-refractivity contribution is 5.96. The Bertz CT molecular complexity index is 1070. The minimum Gasteiger partial charge on any atom is -0.505 e. The van der Waals surface area contributed by atoms with Gasteiger partial charge in [0.05, 0.1) is 0 Å². The van der Waals surface area contributed by atoms with Gasteiger partial charge < -0.3 is 10.0 Å². The van der Waals surface area contributed by atoms with Gasteiger partial charge in [-0.15, -0.1) is 0 Å². The first-order chi connectivity index (χ1) is 15.6. The maximum Gasteiger partial charge on any atom is 0.260 e. The number of carbonyl (C=O) groups excluding carboxylic acids is 1. The van der Waals surface area contributed by atoms with Crippen LogP contribution in [0.1, 0.15) is 48.2 Å². The van der Waals surface area contributed by atoms with Crippen LogP contribution >= 0.6 is 0 Å². The molecule has 2 aromatic carbocycles. The number of nitrogens with zero attached hydrogens (tertiary/aromatic N) is 2. The lowest BCUT2D eigenvalue weighted by Crippen LogP contribution is -2.64. The number of likely N-dealkylation sites (tertiary alicyclic amines) is 1. The van der Waals surface area contributed by atoms with E-state index >= 15 is 0 Å². The van der Waals surface area contributed by atoms with E-state index in [0.29, 0.717) is 19.0 Å². The lowest BCUT2D eigenvalue weighted by atomic mass is 9.56. The molecule has 1 amide bonds. The van der Waals surface area contributed by atoms with Gasteiger partial charge in [-0.2, -0.15) is 0 Å². The summed E-state index contributed by atoms with van der Waals surface area (Å²) in [6.07, 6.45) is 4.03. The molecule has 0 bridgehead atoms. The van der Waals surface area contributed by atoms with Gasteiger partial charge in [0.15, 0.2) is 11.6 Å². The number of aliphatic imine (C=N–C) groups is 1. The second-order valence-corrected chi connectivity index (χ2v) is 9.36. The molecule has 0 atom stereocenters. The molecule has 2 fully saturated rings. The second kappa shape index (κ2) is 9.86. The molecule has 0 unspecified atom stereocenters. The fourth-order valence-corrected chi connectivity index (χ4v) is 4.54. The molecular formula is C27H32F2N2O2. The molecule has 1 saturated heterocycles. The van der Waals surface area contributed by atoms with Gasteiger partial charge in [0.2, 0.25) is 0 Å². The third-order valence-corrected chi connectivity index (χ3v) is 6.84. The molecule has 6 heteroatoms. The van der Waals surface area contributed by atoms with E-state index in [1.54, 1.807) is 7.05 Å². The van der Waals surface area contributed by atoms with Crippen LogP contribution in [0.15, 0.2) is 53.0 Å². The molecule has 2 aromatic rings. The van der Waals surface area contributed by atoms with E-state index < -0.39 is 28.9 Å². The van der Waals surface area contributed by atoms with Gasteiger partial charge >= 0.3 is 0 Å². The average molecular weight is 455 g/mol. The Morgan fingerprint density at radius 3 is 2.18 bits per heavy atom. The summed E-state index contributed by atoms with van der Waals surface area (Å²) in [7, 11) is 1.76. The summed E-state index contributed by atoms with van der Waals surface area (Å²) >= 11 is 0. The van der Waals surface area contributed by atoms with E-state index in [4.69, 9.17) is 0 Å². The van der Waals surface area contributed by atoms with Crippen LogP contribution in [-0.2, 0) is 0 Å². The highest BCUT2D eigenvalue weighted by Crippen LogP contribution is 2.54. The van der Waals surface area contributed by atoms with E-state index in [0.717, 1.165) is 30.7 Å². The predicted molar refractivity (Wildman–Crippen MR) is 128 cm³/mol. The Hall–Kier alpha value is -3.02. The average Bonchev–Trinajstić information content (AvgIpc) is 2.71. The molecule has 1 heterocycles. The van der Waals surface area contributed by atoms with Crippen molar-refractivity contribution in [1.29, 1.82) is 0 Å². The molecule has 1 saturated carbocycles. The Morgan fingerprint density at radius 2 is 1.67 bits per heavy atom. The normalized spacial score (nSPS) is 17.7. The lowest BCUT2D eigenvalue weighted by molar-refractivity contribution is -0.0667. The number of phenols is 1. The standard InChI is InChI=1S/C19H22F2N2O2.C8H10/c1-11(6-12(2)22-3)13-7-19(8-13)9-23(10-19)18(25)16-14(20)4-5-15(24)17(16)21;1-7-5-3-4-6-8(7)2/h4-6,13,24H,7-10H2,1-3H3;3-6H,1-2H3/b11-6+,22-12?;. The maximum absolute atomic E-state index is 13.9. The fourth-order valence-electron chi connectivity index (χ4n) is 4.54. The summed E-state index contributed by atoms with van der Waals surface area (Å²) in [6, 6.07) is 10.2. The van der Waals surface area contributed by atoms with Crippen molar-refractivity contribution in [2.24, 2.45) is 16.3 Å². The number of benzene rings is 2. The fraction of sp³-hybridized carbons (Fsp3) is 0.407. The van der Waals surface area contributed by atoms with Crippen LogP contribution in [0.5, 0.6) is 5.75 Å². The van der Waals surface area contributed by atoms with E-state index in [1.165, 1.54) is 21.6 Å². The molecule has 1 N–H and O–H groups in total. The number of phenolic OH excluding ortho intramolecular Hbond substituents is 1. The van der Waals surface area contributed by atoms with Crippen molar-refractivity contribution in [2.45, 2.75) is 40.5 Å². The van der Waals surface area contributed by atoms with Gasteiger partial charge in [0.25, 0.3) is 5.91 Å². The van der Waals surface area contributed by atoms with Gasteiger partial charge in [0.1, 0.15) is 11.4 Å². The first-order valence-electron chi connectivity index (χ1n) is 11.2. The van der Waals surface area contributed by atoms with Crippen LogP contribution in [0.3, 0.4) is 0 Å². The van der Waals surface area contributed by atoms with Crippen molar-refractivity contribution in [2.75, 3.05) is 20.1 Å². The number of aryl methyl sites for hydroxylation is 2. The van der Waals surface area contributed by atoms with Crippen molar-refractivity contribution in [3.05, 3.63) is 76.4 Å². The molecule has 2 aliphatic rings. The molecule has 1 aliphatic heterocycles. The first kappa shape index (κ1) is 24.6. The topological polar surface area (TPSA) is 52.9 Å². The highest BCUT2D eigenvalue weighted by atomic mass is 19.1. The Labute approximate surface area is 194 Å². The number of aromatic hydroxyl groups is 1. The van der Waals surface area contributed by atoms with Gasteiger partial charge in [-0.05, 0) is 75.8 Å². The quantitative estimate of drug-likeness (QED) is 0.591. The van der Waals surface area contributed by atoms with Crippen molar-refractivity contribution in [3.63, 3.8) is 0 Å². The molecule has 176 valence electrons. The minimum atomic E-state index is -1.19. The van der Waals surface area contributed by atoms with Gasteiger partial charge in [-0.1, -0.05) is 29.8 Å². The number of hydrogen-bond acceptors (Lipinski definition) is 3. The van der Waals surface area contributed by atoms with Crippen LogP contribution in [0.4, 0.5) is 8.78 Å². The molecule has 4 nitrogen and oxygen atoms in total. The summed E-state index contributed by atoms with van der Waals surface area (Å²) in [4.78, 5) is 17.9. The van der Waals surface area contributed by atoms with Crippen molar-refractivity contribution in [3.8, 4) is 5.75 Å². The first-order valence-corrected chi connectivity index (χ1v) is 11.2. The van der Waals surface area contributed by atoms with Crippen molar-refractivity contribution >= 4 is 11.6 Å². The smallest absolute Gasteiger partial charge is 0.260 e. The van der Waals surface area contributed by atoms with Crippen LogP contribution in [0, 0.1) is 36.8 Å². The van der Waals surface area contributed by atoms with Crippen LogP contribution < -0.4 is 0 Å². The number of hydrogen-bond donors (Lipinski definition) is 1. The SMILES string of the molecule is CN=C(C)/C=C(\C)C1CC2(C1)CN(C(=O)c1c(F)ccc(O)c1F)C2.Cc1ccccc1C. The molecular weight excluding hydrogens is 422 g/mol. The summed E-state index contributed by atoms with van der Waals surface area (Å²) < 4.78 is 27.7. The van der Waals surface area contributed by atoms with Crippen molar-refractivity contribution < 1.29 is 18.7 Å². The van der Waals surface area contributed by atoms with E-state index in [2.05, 4.69) is 56.1 Å². The number of carbonyl (C=O) groups is 1. The predicted octanol–water partition coefficient (Wildman–Crippen LogP) is 5.86. The Morgan fingerprint density at radius 1 is 1.09 bits per heavy atom. The lowest BCUT2D eigenvalue weighted by Gasteiger charge is -2.59. The molecule has 33 heavy (non-hydrogen) atoms. The number of allylic oxidation sites excluding steroid dienone is 2. The van der Waals surface area contributed by atoms with Crippen LogP contribution in [-0.4, -0.2) is 41.8 Å². The largest absolute Gasteiger partial charge is 0.505 e. The molecule has 0 aromatic heterocycles. The third kappa shape index (κ3) is 5.32. The highest BCUT2D eigenvalue weighted by Gasteiger charge is 2.54. The number of rotatable bonds is 3. The zero-order valence-corrected chi connectivity index (χ0v) is 20.0. The minimum absolute atomic E-state index is 0.0659. The molecule has 1 spiro atoms. The number of amides is 1. The monoisotopic (exact) mass is 454 g/mol. The maximum atomic E-state index is 13.9. The van der Waals surface area contributed by atoms with E-state index in [1.807, 2.05) is 6.92 Å². The second-order valence-electron chi connectivity index (χ2n) is 9.36. The summed E-state index contributed by atoms with van der Waals surface area (Å²) in [5.74, 6) is -3.06. The summed E-state index contributed by atoms with van der Waals surface area (Å²) in [6.45, 7) is 9.30. The van der Waals surface area contributed by atoms with E-state index in [-0.39, 0.29) is 5.41 Å². The molecule has 0 radical (unpaired) electrons. The summed E-state index contributed by atoms with van der Waals surface area (Å²) in [5, 5.41) is 9.37. The number of halogens is 2. The van der Waals surface area contributed by atoms with E-state index in [9.17, 15) is 18.7 Å². The van der Waals surface area contributed by atoms with Gasteiger partial charge in [-0.25, -0.2) is 8.78 Å². The van der Waals surface area contributed by atoms with Crippen molar-refractivity contribution in [1.82, 2.24) is 4.90 Å². The van der Waals surface area contributed by atoms with Crippen LogP contribution in [0.25, 0.3) is 0 Å². The van der Waals surface area contributed by atoms with Gasteiger partial charge in [-0.3, -0.25) is 9.79 Å². The summed E-state index contributed by atoms with van der Waals surface area (Å²) in [5.41, 5.74) is 4.40. The molecule has 1 aliphatic carbocycles. The van der Waals surface area contributed by atoms with Gasteiger partial charge in [0, 0.05) is 31.3 Å². The molecule has 4 rings (SSSR count). The third-order valence-electron chi connectivity index (χ3n) is 6.84. The zero-order valence-electron chi connectivity index (χ0n) is 20.0. The Kier molecular flexibility index (Phi) is 7.35. The zero-order chi connectivity index (χ0) is 24.3.